The van der Waals surface area contributed by atoms with Crippen LogP contribution in [-0.2, 0) is 6.42 Å². The highest BCUT2D eigenvalue weighted by Crippen LogP contribution is 2.20. The largest absolute Gasteiger partial charge is 0.370 e. The Morgan fingerprint density at radius 2 is 1.83 bits per heavy atom. The molecule has 0 saturated carbocycles. The van der Waals surface area contributed by atoms with Crippen molar-refractivity contribution >= 4 is 17.4 Å². The van der Waals surface area contributed by atoms with Gasteiger partial charge in [-0.3, -0.25) is 0 Å². The van der Waals surface area contributed by atoms with Gasteiger partial charge in [0.15, 0.2) is 0 Å². The molecule has 0 atom stereocenters. The zero-order valence-electron chi connectivity index (χ0n) is 11.7. The standard InChI is InChI=1S/C14H24ClN3/c1-4-6-7-8-10-16-14-11(3)13(15)17-12(18-14)9-5-2/h4-10H2,1-3H3,(H,16,17,18). The predicted molar refractivity (Wildman–Crippen MR) is 78.4 cm³/mol. The molecular weight excluding hydrogens is 246 g/mol. The number of aryl methyl sites for hydroxylation is 1. The van der Waals surface area contributed by atoms with E-state index in [0.717, 1.165) is 36.6 Å². The van der Waals surface area contributed by atoms with Gasteiger partial charge in [0.2, 0.25) is 0 Å². The summed E-state index contributed by atoms with van der Waals surface area (Å²) in [4.78, 5) is 8.83. The first kappa shape index (κ1) is 15.2. The van der Waals surface area contributed by atoms with Crippen molar-refractivity contribution in [2.24, 2.45) is 0 Å². The number of hydrogen-bond acceptors (Lipinski definition) is 3. The van der Waals surface area contributed by atoms with Crippen LogP contribution < -0.4 is 5.32 Å². The summed E-state index contributed by atoms with van der Waals surface area (Å²) >= 11 is 6.13. The van der Waals surface area contributed by atoms with Crippen LogP contribution in [0.2, 0.25) is 5.15 Å². The van der Waals surface area contributed by atoms with Crippen LogP contribution in [0.1, 0.15) is 57.3 Å². The number of hydrogen-bond donors (Lipinski definition) is 1. The van der Waals surface area contributed by atoms with Gasteiger partial charge in [-0.25, -0.2) is 9.97 Å². The summed E-state index contributed by atoms with van der Waals surface area (Å²) in [5.74, 6) is 1.74. The van der Waals surface area contributed by atoms with Gasteiger partial charge < -0.3 is 5.32 Å². The third-order valence-electron chi connectivity index (χ3n) is 2.93. The number of nitrogens with zero attached hydrogens (tertiary/aromatic N) is 2. The van der Waals surface area contributed by atoms with Gasteiger partial charge in [-0.05, 0) is 19.8 Å². The lowest BCUT2D eigenvalue weighted by Crippen LogP contribution is -2.08. The maximum atomic E-state index is 6.13. The minimum Gasteiger partial charge on any atom is -0.370 e. The van der Waals surface area contributed by atoms with E-state index in [9.17, 15) is 0 Å². The van der Waals surface area contributed by atoms with Crippen molar-refractivity contribution in [3.8, 4) is 0 Å². The Morgan fingerprint density at radius 1 is 1.06 bits per heavy atom. The van der Waals surface area contributed by atoms with E-state index in [4.69, 9.17) is 11.6 Å². The van der Waals surface area contributed by atoms with E-state index in [-0.39, 0.29) is 0 Å². The molecule has 1 aromatic rings. The van der Waals surface area contributed by atoms with Gasteiger partial charge in [0.05, 0.1) is 0 Å². The van der Waals surface area contributed by atoms with Crippen molar-refractivity contribution in [1.82, 2.24) is 9.97 Å². The van der Waals surface area contributed by atoms with Crippen molar-refractivity contribution in [3.05, 3.63) is 16.5 Å². The van der Waals surface area contributed by atoms with E-state index in [1.807, 2.05) is 6.92 Å². The van der Waals surface area contributed by atoms with Crippen LogP contribution in [0.25, 0.3) is 0 Å². The summed E-state index contributed by atoms with van der Waals surface area (Å²) in [6.45, 7) is 7.26. The summed E-state index contributed by atoms with van der Waals surface area (Å²) in [5, 5.41) is 3.95. The number of halogens is 1. The smallest absolute Gasteiger partial charge is 0.137 e. The Morgan fingerprint density at radius 3 is 2.50 bits per heavy atom. The molecule has 0 aliphatic rings. The van der Waals surface area contributed by atoms with Crippen molar-refractivity contribution < 1.29 is 0 Å². The van der Waals surface area contributed by atoms with Crippen LogP contribution in [-0.4, -0.2) is 16.5 Å². The molecular formula is C14H24ClN3. The van der Waals surface area contributed by atoms with Crippen LogP contribution in [0, 0.1) is 6.92 Å². The maximum Gasteiger partial charge on any atom is 0.137 e. The Hall–Kier alpha value is -0.830. The lowest BCUT2D eigenvalue weighted by atomic mass is 10.2. The molecule has 0 fully saturated rings. The monoisotopic (exact) mass is 269 g/mol. The molecule has 1 rings (SSSR count). The second kappa shape index (κ2) is 8.30. The fraction of sp³-hybridized carbons (Fsp3) is 0.714. The fourth-order valence-electron chi connectivity index (χ4n) is 1.80. The van der Waals surface area contributed by atoms with Crippen LogP contribution >= 0.6 is 11.6 Å². The minimum atomic E-state index is 0.574. The summed E-state index contributed by atoms with van der Waals surface area (Å²) < 4.78 is 0. The lowest BCUT2D eigenvalue weighted by molar-refractivity contribution is 0.683. The number of anilines is 1. The van der Waals surface area contributed by atoms with E-state index in [0.29, 0.717) is 5.15 Å². The average Bonchev–Trinajstić information content (AvgIpc) is 2.35. The SMILES string of the molecule is CCCCCCNc1nc(CCC)nc(Cl)c1C. The first-order valence-corrected chi connectivity index (χ1v) is 7.33. The van der Waals surface area contributed by atoms with E-state index in [2.05, 4.69) is 29.1 Å². The Labute approximate surface area is 115 Å². The van der Waals surface area contributed by atoms with Crippen molar-refractivity contribution in [1.29, 1.82) is 0 Å². The highest BCUT2D eigenvalue weighted by molar-refractivity contribution is 6.30. The first-order valence-electron chi connectivity index (χ1n) is 6.95. The summed E-state index contributed by atoms with van der Waals surface area (Å²) in [5.41, 5.74) is 0.951. The molecule has 0 saturated heterocycles. The molecule has 0 amide bonds. The summed E-state index contributed by atoms with van der Waals surface area (Å²) in [6.07, 6.45) is 6.92. The van der Waals surface area contributed by atoms with Gasteiger partial charge in [0.25, 0.3) is 0 Å². The molecule has 18 heavy (non-hydrogen) atoms. The summed E-state index contributed by atoms with van der Waals surface area (Å²) in [7, 11) is 0. The molecule has 0 aliphatic carbocycles. The predicted octanol–water partition coefficient (Wildman–Crippen LogP) is 4.38. The number of nitrogens with one attached hydrogen (secondary N) is 1. The molecule has 102 valence electrons. The van der Waals surface area contributed by atoms with Crippen LogP contribution in [0.5, 0.6) is 0 Å². The molecule has 1 heterocycles. The Bertz CT molecular complexity index is 366. The fourth-order valence-corrected chi connectivity index (χ4v) is 1.99. The zero-order valence-corrected chi connectivity index (χ0v) is 12.5. The first-order chi connectivity index (χ1) is 8.69. The maximum absolute atomic E-state index is 6.13. The quantitative estimate of drug-likeness (QED) is 0.562. The van der Waals surface area contributed by atoms with E-state index >= 15 is 0 Å². The highest BCUT2D eigenvalue weighted by Gasteiger charge is 2.08. The van der Waals surface area contributed by atoms with Crippen molar-refractivity contribution in [2.75, 3.05) is 11.9 Å². The minimum absolute atomic E-state index is 0.574. The third-order valence-corrected chi connectivity index (χ3v) is 3.30. The van der Waals surface area contributed by atoms with Crippen LogP contribution in [0.15, 0.2) is 0 Å². The van der Waals surface area contributed by atoms with Crippen molar-refractivity contribution in [3.63, 3.8) is 0 Å². The third kappa shape index (κ3) is 4.81. The molecule has 0 aromatic carbocycles. The lowest BCUT2D eigenvalue weighted by Gasteiger charge is -2.11. The van der Waals surface area contributed by atoms with Gasteiger partial charge in [-0.1, -0.05) is 44.7 Å². The van der Waals surface area contributed by atoms with Gasteiger partial charge in [-0.2, -0.15) is 0 Å². The molecule has 0 radical (unpaired) electrons. The molecule has 3 nitrogen and oxygen atoms in total. The number of aromatic nitrogens is 2. The van der Waals surface area contributed by atoms with E-state index in [1.54, 1.807) is 0 Å². The Kier molecular flexibility index (Phi) is 7.02. The van der Waals surface area contributed by atoms with Gasteiger partial charge in [0, 0.05) is 18.5 Å². The van der Waals surface area contributed by atoms with E-state index < -0.39 is 0 Å². The second-order valence-corrected chi connectivity index (χ2v) is 5.00. The average molecular weight is 270 g/mol. The second-order valence-electron chi connectivity index (χ2n) is 4.64. The summed E-state index contributed by atoms with van der Waals surface area (Å²) in [6, 6.07) is 0. The van der Waals surface area contributed by atoms with Gasteiger partial charge in [0.1, 0.15) is 16.8 Å². The highest BCUT2D eigenvalue weighted by atomic mass is 35.5. The molecule has 1 aromatic heterocycles. The molecule has 0 spiro atoms. The molecule has 0 aliphatic heterocycles. The molecule has 0 unspecified atom stereocenters. The Balaban J connectivity index is 2.57. The van der Waals surface area contributed by atoms with Gasteiger partial charge in [-0.15, -0.1) is 0 Å². The van der Waals surface area contributed by atoms with E-state index in [1.165, 1.54) is 25.7 Å². The topological polar surface area (TPSA) is 37.8 Å². The molecule has 0 bridgehead atoms. The molecule has 1 N–H and O–H groups in total. The zero-order chi connectivity index (χ0) is 13.4. The van der Waals surface area contributed by atoms with Crippen LogP contribution in [0.3, 0.4) is 0 Å². The number of rotatable bonds is 8. The normalized spacial score (nSPS) is 10.7. The van der Waals surface area contributed by atoms with Gasteiger partial charge >= 0.3 is 0 Å². The van der Waals surface area contributed by atoms with Crippen molar-refractivity contribution in [2.45, 2.75) is 59.3 Å². The van der Waals surface area contributed by atoms with Crippen LogP contribution in [0.4, 0.5) is 5.82 Å². The molecule has 4 heteroatoms. The number of unbranched alkanes of at least 4 members (excludes halogenated alkanes) is 3.